The first-order chi connectivity index (χ1) is 12.9. The Morgan fingerprint density at radius 2 is 1.81 bits per heavy atom. The first kappa shape index (κ1) is 17.5. The number of amides is 1. The number of para-hydroxylation sites is 1. The molecule has 0 aliphatic carbocycles. The van der Waals surface area contributed by atoms with Gasteiger partial charge in [0.15, 0.2) is 11.5 Å². The molecule has 2 aliphatic heterocycles. The van der Waals surface area contributed by atoms with Gasteiger partial charge in [-0.3, -0.25) is 4.79 Å². The van der Waals surface area contributed by atoms with Crippen molar-refractivity contribution in [2.75, 3.05) is 25.7 Å². The van der Waals surface area contributed by atoms with E-state index in [4.69, 9.17) is 9.47 Å². The molecule has 2 heterocycles. The quantitative estimate of drug-likeness (QED) is 0.904. The summed E-state index contributed by atoms with van der Waals surface area (Å²) in [6.45, 7) is 4.71. The molecular weight excluding hydrogens is 340 g/mol. The highest BCUT2D eigenvalue weighted by atomic mass is 16.5. The Hall–Kier alpha value is -2.95. The molecule has 1 amide bonds. The van der Waals surface area contributed by atoms with Crippen LogP contribution in [0, 0.1) is 0 Å². The smallest absolute Gasteiger partial charge is 0.241 e. The Morgan fingerprint density at radius 3 is 2.56 bits per heavy atom. The van der Waals surface area contributed by atoms with Gasteiger partial charge < -0.3 is 19.7 Å². The van der Waals surface area contributed by atoms with Crippen LogP contribution in [0.25, 0.3) is 6.08 Å². The second-order valence-corrected chi connectivity index (χ2v) is 7.49. The van der Waals surface area contributed by atoms with Gasteiger partial charge in [-0.15, -0.1) is 0 Å². The van der Waals surface area contributed by atoms with Crippen molar-refractivity contribution in [3.05, 3.63) is 59.7 Å². The Kier molecular flexibility index (Phi) is 3.91. The molecule has 140 valence electrons. The summed E-state index contributed by atoms with van der Waals surface area (Å²) in [5.74, 6) is 1.41. The van der Waals surface area contributed by atoms with E-state index in [2.05, 4.69) is 48.3 Å². The van der Waals surface area contributed by atoms with Gasteiger partial charge in [0.1, 0.15) is 5.66 Å². The number of hydrogen-bond donors (Lipinski definition) is 1. The minimum absolute atomic E-state index is 0.0366. The van der Waals surface area contributed by atoms with Gasteiger partial charge in [-0.2, -0.15) is 0 Å². The zero-order valence-corrected chi connectivity index (χ0v) is 16.1. The number of benzene rings is 2. The van der Waals surface area contributed by atoms with Gasteiger partial charge >= 0.3 is 0 Å². The van der Waals surface area contributed by atoms with Crippen LogP contribution in [-0.2, 0) is 10.2 Å². The summed E-state index contributed by atoms with van der Waals surface area (Å²) in [4.78, 5) is 14.5. The molecule has 0 spiro atoms. The summed E-state index contributed by atoms with van der Waals surface area (Å²) in [5, 5.41) is 3.23. The number of fused-ring (bicyclic) bond motifs is 3. The van der Waals surface area contributed by atoms with Crippen LogP contribution in [0.4, 0.5) is 5.69 Å². The SMILES string of the molecule is COc1ccc(/C=C/[C@@]23NC(=O)CN2c2ccccc2C3(C)C)cc1OC. The summed E-state index contributed by atoms with van der Waals surface area (Å²) in [7, 11) is 3.25. The topological polar surface area (TPSA) is 50.8 Å². The minimum atomic E-state index is -0.596. The lowest BCUT2D eigenvalue weighted by Crippen LogP contribution is -2.58. The Morgan fingerprint density at radius 1 is 1.07 bits per heavy atom. The molecule has 27 heavy (non-hydrogen) atoms. The fourth-order valence-corrected chi connectivity index (χ4v) is 4.31. The lowest BCUT2D eigenvalue weighted by molar-refractivity contribution is -0.118. The summed E-state index contributed by atoms with van der Waals surface area (Å²) in [6, 6.07) is 14.1. The molecule has 0 saturated carbocycles. The number of methoxy groups -OCH3 is 2. The zero-order valence-electron chi connectivity index (χ0n) is 16.1. The van der Waals surface area contributed by atoms with Crippen LogP contribution >= 0.6 is 0 Å². The highest BCUT2D eigenvalue weighted by Gasteiger charge is 2.59. The number of hydrogen-bond acceptors (Lipinski definition) is 4. The van der Waals surface area contributed by atoms with E-state index in [1.54, 1.807) is 14.2 Å². The van der Waals surface area contributed by atoms with E-state index in [-0.39, 0.29) is 11.3 Å². The van der Waals surface area contributed by atoms with Crippen LogP contribution in [0.15, 0.2) is 48.5 Å². The van der Waals surface area contributed by atoms with Gasteiger partial charge in [0.2, 0.25) is 5.91 Å². The summed E-state index contributed by atoms with van der Waals surface area (Å²) in [6.07, 6.45) is 4.13. The van der Waals surface area contributed by atoms with Crippen LogP contribution in [0.1, 0.15) is 25.0 Å². The maximum absolute atomic E-state index is 12.3. The average Bonchev–Trinajstić information content (AvgIpc) is 3.11. The number of carbonyl (C=O) groups is 1. The van der Waals surface area contributed by atoms with Crippen molar-refractivity contribution in [1.82, 2.24) is 5.32 Å². The first-order valence-electron chi connectivity index (χ1n) is 9.02. The van der Waals surface area contributed by atoms with Crippen LogP contribution in [0.2, 0.25) is 0 Å². The van der Waals surface area contributed by atoms with Crippen molar-refractivity contribution in [2.24, 2.45) is 0 Å². The second-order valence-electron chi connectivity index (χ2n) is 7.49. The lowest BCUT2D eigenvalue weighted by Gasteiger charge is -2.40. The number of carbonyl (C=O) groups excluding carboxylic acids is 1. The van der Waals surface area contributed by atoms with Crippen molar-refractivity contribution in [3.63, 3.8) is 0 Å². The maximum atomic E-state index is 12.3. The van der Waals surface area contributed by atoms with Gasteiger partial charge in [0.25, 0.3) is 0 Å². The van der Waals surface area contributed by atoms with Crippen molar-refractivity contribution in [3.8, 4) is 11.5 Å². The molecule has 1 N–H and O–H groups in total. The molecular formula is C22H24N2O3. The number of nitrogens with zero attached hydrogens (tertiary/aromatic N) is 1. The van der Waals surface area contributed by atoms with Crippen LogP contribution in [0.5, 0.6) is 11.5 Å². The summed E-state index contributed by atoms with van der Waals surface area (Å²) in [5.41, 5.74) is 2.46. The van der Waals surface area contributed by atoms with E-state index in [0.717, 1.165) is 11.3 Å². The third kappa shape index (κ3) is 2.41. The monoisotopic (exact) mass is 364 g/mol. The van der Waals surface area contributed by atoms with Gasteiger partial charge in [-0.05, 0) is 35.4 Å². The molecule has 5 nitrogen and oxygen atoms in total. The molecule has 0 bridgehead atoms. The third-order valence-electron chi connectivity index (χ3n) is 5.80. The number of nitrogens with one attached hydrogen (secondary N) is 1. The van der Waals surface area contributed by atoms with Gasteiger partial charge in [-0.1, -0.05) is 44.2 Å². The van der Waals surface area contributed by atoms with Crippen LogP contribution < -0.4 is 19.7 Å². The third-order valence-corrected chi connectivity index (χ3v) is 5.80. The van der Waals surface area contributed by atoms with Crippen LogP contribution in [-0.4, -0.2) is 32.3 Å². The highest BCUT2D eigenvalue weighted by molar-refractivity contribution is 5.91. The van der Waals surface area contributed by atoms with Crippen molar-refractivity contribution < 1.29 is 14.3 Å². The van der Waals surface area contributed by atoms with Crippen molar-refractivity contribution in [2.45, 2.75) is 24.9 Å². The summed E-state index contributed by atoms with van der Waals surface area (Å²) >= 11 is 0. The van der Waals surface area contributed by atoms with E-state index in [9.17, 15) is 4.79 Å². The molecule has 0 unspecified atom stereocenters. The highest BCUT2D eigenvalue weighted by Crippen LogP contribution is 2.52. The fourth-order valence-electron chi connectivity index (χ4n) is 4.31. The Balaban J connectivity index is 1.78. The standard InChI is InChI=1S/C22H24N2O3/c1-21(2)16-7-5-6-8-17(16)24-14-20(25)23-22(21,24)12-11-15-9-10-18(26-3)19(13-15)27-4/h5-13H,14H2,1-4H3,(H,23,25)/b12-11+/t22-/m1/s1. The van der Waals surface area contributed by atoms with E-state index in [1.807, 2.05) is 30.3 Å². The molecule has 1 atom stereocenters. The van der Waals surface area contributed by atoms with E-state index in [1.165, 1.54) is 5.56 Å². The second kappa shape index (κ2) is 6.05. The van der Waals surface area contributed by atoms with E-state index in [0.29, 0.717) is 18.0 Å². The molecule has 1 fully saturated rings. The van der Waals surface area contributed by atoms with Gasteiger partial charge in [0, 0.05) is 11.1 Å². The Labute approximate surface area is 159 Å². The molecule has 2 aromatic carbocycles. The predicted molar refractivity (Wildman–Crippen MR) is 106 cm³/mol. The number of ether oxygens (including phenoxy) is 2. The maximum Gasteiger partial charge on any atom is 0.241 e. The minimum Gasteiger partial charge on any atom is -0.493 e. The molecule has 5 heteroatoms. The normalized spacial score (nSPS) is 22.5. The number of anilines is 1. The molecule has 2 aromatic rings. The largest absolute Gasteiger partial charge is 0.493 e. The average molecular weight is 364 g/mol. The van der Waals surface area contributed by atoms with Gasteiger partial charge in [-0.25, -0.2) is 0 Å². The van der Waals surface area contributed by atoms with Crippen molar-refractivity contribution in [1.29, 1.82) is 0 Å². The van der Waals surface area contributed by atoms with Crippen molar-refractivity contribution >= 4 is 17.7 Å². The molecule has 1 saturated heterocycles. The zero-order chi connectivity index (χ0) is 19.2. The molecule has 4 rings (SSSR count). The first-order valence-corrected chi connectivity index (χ1v) is 9.02. The fraction of sp³-hybridized carbons (Fsp3) is 0.318. The van der Waals surface area contributed by atoms with Gasteiger partial charge in [0.05, 0.1) is 20.8 Å². The lowest BCUT2D eigenvalue weighted by atomic mass is 9.75. The summed E-state index contributed by atoms with van der Waals surface area (Å²) < 4.78 is 10.7. The van der Waals surface area contributed by atoms with Crippen LogP contribution in [0.3, 0.4) is 0 Å². The molecule has 2 aliphatic rings. The molecule has 0 radical (unpaired) electrons. The van der Waals surface area contributed by atoms with E-state index >= 15 is 0 Å². The number of rotatable bonds is 4. The Bertz CT molecular complexity index is 935. The van der Waals surface area contributed by atoms with E-state index < -0.39 is 5.66 Å². The molecule has 0 aromatic heterocycles. The predicted octanol–water partition coefficient (Wildman–Crippen LogP) is 3.34.